The van der Waals surface area contributed by atoms with Crippen molar-refractivity contribution in [3.05, 3.63) is 99.2 Å². The number of carbonyl (C=O) groups is 4. The number of likely N-dealkylation sites (tertiary alicyclic amines) is 1. The van der Waals surface area contributed by atoms with Gasteiger partial charge in [-0.3, -0.25) is 39.2 Å². The quantitative estimate of drug-likeness (QED) is 0.181. The molecule has 59 heavy (non-hydrogen) atoms. The second-order valence-electron chi connectivity index (χ2n) is 17.1. The number of H-pyrrole nitrogens is 1. The van der Waals surface area contributed by atoms with Crippen LogP contribution >= 0.6 is 0 Å². The van der Waals surface area contributed by atoms with Gasteiger partial charge in [0.25, 0.3) is 18.2 Å². The molecule has 0 aliphatic carbocycles. The number of nitrogens with one attached hydrogen (secondary N) is 2. The number of aromatic nitrogens is 1. The van der Waals surface area contributed by atoms with Gasteiger partial charge in [-0.25, -0.2) is 17.6 Å². The normalized spacial score (nSPS) is 24.5. The molecule has 3 saturated heterocycles. The van der Waals surface area contributed by atoms with Crippen LogP contribution in [0.25, 0.3) is 10.9 Å². The highest BCUT2D eigenvalue weighted by atomic mass is 19.3. The zero-order chi connectivity index (χ0) is 40.7. The van der Waals surface area contributed by atoms with Crippen molar-refractivity contribution in [2.45, 2.75) is 76.2 Å². The van der Waals surface area contributed by atoms with Gasteiger partial charge < -0.3 is 14.8 Å². The minimum atomic E-state index is -2.65. The van der Waals surface area contributed by atoms with Crippen molar-refractivity contribution >= 4 is 40.2 Å². The molecule has 2 unspecified atom stereocenters. The van der Waals surface area contributed by atoms with Crippen LogP contribution in [0.2, 0.25) is 0 Å². The first-order valence-electron chi connectivity index (χ1n) is 20.7. The molecule has 3 atom stereocenters. The van der Waals surface area contributed by atoms with Crippen LogP contribution in [0.15, 0.2) is 48.5 Å². The Morgan fingerprint density at radius 3 is 2.17 bits per heavy atom. The smallest absolute Gasteiger partial charge is 0.262 e. The fraction of sp³-hybridized carbons (Fsp3) is 0.455. The van der Waals surface area contributed by atoms with Crippen LogP contribution in [0.1, 0.15) is 86.8 Å². The highest BCUT2D eigenvalue weighted by molar-refractivity contribution is 6.23. The highest BCUT2D eigenvalue weighted by Crippen LogP contribution is 2.42. The van der Waals surface area contributed by atoms with Crippen LogP contribution in [0, 0.1) is 17.6 Å². The maximum absolute atomic E-state index is 16.2. The summed E-state index contributed by atoms with van der Waals surface area (Å²) in [5.74, 6) is -3.05. The fourth-order valence-electron chi connectivity index (χ4n) is 10.7. The van der Waals surface area contributed by atoms with E-state index < -0.39 is 60.3 Å². The number of hydrogen-bond donors (Lipinski definition) is 2. The third kappa shape index (κ3) is 6.71. The van der Waals surface area contributed by atoms with Crippen LogP contribution in [-0.2, 0) is 29.1 Å². The molecular formula is C44H45F4N7O4. The number of imide groups is 2. The van der Waals surface area contributed by atoms with Gasteiger partial charge >= 0.3 is 0 Å². The summed E-state index contributed by atoms with van der Waals surface area (Å²) in [7, 11) is 0. The van der Waals surface area contributed by atoms with Gasteiger partial charge in [-0.2, -0.15) is 0 Å². The molecule has 15 heteroatoms. The van der Waals surface area contributed by atoms with E-state index in [-0.39, 0.29) is 24.9 Å². The van der Waals surface area contributed by atoms with E-state index >= 15 is 8.78 Å². The number of aromatic amines is 1. The number of anilines is 1. The average molecular weight is 812 g/mol. The topological polar surface area (TPSA) is 112 Å². The van der Waals surface area contributed by atoms with Gasteiger partial charge in [-0.1, -0.05) is 18.2 Å². The summed E-state index contributed by atoms with van der Waals surface area (Å²) >= 11 is 0. The minimum absolute atomic E-state index is 0.0775. The lowest BCUT2D eigenvalue weighted by Gasteiger charge is -2.37. The highest BCUT2D eigenvalue weighted by Gasteiger charge is 2.46. The SMILES string of the molecule is O=C1CCC(N2C(=O)c3cc4c(cc3C2=O)CN(C2CCN(CC3CCN(c5cc(F)c([C@@H]6c7[nH]c8ccccc8c7CCN6CC(F)F)c(F)c5)CC3)C2)C4)C(=O)N1. The average Bonchev–Trinajstić information content (AvgIpc) is 3.99. The first-order chi connectivity index (χ1) is 28.5. The number of hydrogen-bond acceptors (Lipinski definition) is 8. The standard InChI is InChI=1S/C44H45F4N7O4/c45-33-17-28(18-34(46)39(33)41-40-30(10-14-53(41)23-37(47)48)29-3-1-2-4-35(29)49-40)52-12-7-24(8-13-52)19-51-11-9-27(22-51)54-20-25-15-31-32(16-26(25)21-54)44(59)55(43(31)58)36-5-6-38(56)50-42(36)57/h1-4,15-18,24,27,36-37,41,49H,5-14,19-23H2,(H,50,56,57)/t27?,36?,41-/m1/s1. The predicted octanol–water partition coefficient (Wildman–Crippen LogP) is 5.37. The molecule has 0 radical (unpaired) electrons. The molecule has 11 nitrogen and oxygen atoms in total. The summed E-state index contributed by atoms with van der Waals surface area (Å²) in [6.45, 7) is 5.09. The molecular weight excluding hydrogens is 767 g/mol. The molecule has 0 spiro atoms. The van der Waals surface area contributed by atoms with E-state index in [2.05, 4.69) is 20.1 Å². The Morgan fingerprint density at radius 2 is 1.49 bits per heavy atom. The molecule has 6 aliphatic heterocycles. The minimum Gasteiger partial charge on any atom is -0.371 e. The Morgan fingerprint density at radius 1 is 0.797 bits per heavy atom. The molecule has 10 rings (SSSR count). The molecule has 4 amide bonds. The molecule has 0 bridgehead atoms. The number of nitrogens with zero attached hydrogens (tertiary/aromatic N) is 5. The van der Waals surface area contributed by atoms with Crippen LogP contribution in [-0.4, -0.2) is 113 Å². The van der Waals surface area contributed by atoms with Crippen LogP contribution in [0.5, 0.6) is 0 Å². The summed E-state index contributed by atoms with van der Waals surface area (Å²) in [6, 6.07) is 12.3. The molecule has 3 fully saturated rings. The van der Waals surface area contributed by atoms with E-state index in [0.29, 0.717) is 67.1 Å². The van der Waals surface area contributed by atoms with Gasteiger partial charge in [-0.05, 0) is 91.6 Å². The van der Waals surface area contributed by atoms with Gasteiger partial charge in [0.05, 0.1) is 23.7 Å². The van der Waals surface area contributed by atoms with Crippen molar-refractivity contribution in [1.29, 1.82) is 0 Å². The number of halogens is 4. The van der Waals surface area contributed by atoms with Crippen molar-refractivity contribution in [1.82, 2.24) is 29.9 Å². The maximum Gasteiger partial charge on any atom is 0.262 e. The third-order valence-electron chi connectivity index (χ3n) is 13.6. The number of carbonyl (C=O) groups excluding carboxylic acids is 4. The van der Waals surface area contributed by atoms with Crippen LogP contribution in [0.4, 0.5) is 23.2 Å². The van der Waals surface area contributed by atoms with E-state index in [1.165, 1.54) is 17.0 Å². The van der Waals surface area contributed by atoms with Crippen LogP contribution in [0.3, 0.4) is 0 Å². The Kier molecular flexibility index (Phi) is 9.59. The maximum atomic E-state index is 16.2. The summed E-state index contributed by atoms with van der Waals surface area (Å²) in [5.41, 5.74) is 5.19. The van der Waals surface area contributed by atoms with Crippen LogP contribution < -0.4 is 10.2 Å². The van der Waals surface area contributed by atoms with E-state index in [1.54, 1.807) is 12.1 Å². The number of amides is 4. The van der Waals surface area contributed by atoms with Gasteiger partial charge in [0.2, 0.25) is 11.8 Å². The number of alkyl halides is 2. The fourth-order valence-corrected chi connectivity index (χ4v) is 10.7. The zero-order valence-electron chi connectivity index (χ0n) is 32.5. The number of piperidine rings is 2. The summed E-state index contributed by atoms with van der Waals surface area (Å²) in [6.07, 6.45) is 0.791. The van der Waals surface area contributed by atoms with Crippen molar-refractivity contribution in [3.63, 3.8) is 0 Å². The number of rotatable bonds is 8. The van der Waals surface area contributed by atoms with Crippen molar-refractivity contribution < 1.29 is 36.7 Å². The first kappa shape index (κ1) is 38.1. The number of para-hydroxylation sites is 1. The van der Waals surface area contributed by atoms with Gasteiger partial charge in [0, 0.05) is 86.1 Å². The summed E-state index contributed by atoms with van der Waals surface area (Å²) in [4.78, 5) is 63.6. The van der Waals surface area contributed by atoms with Crippen molar-refractivity contribution in [2.24, 2.45) is 5.92 Å². The number of benzene rings is 3. The van der Waals surface area contributed by atoms with E-state index in [1.807, 2.05) is 29.2 Å². The monoisotopic (exact) mass is 811 g/mol. The number of fused-ring (bicyclic) bond motifs is 5. The molecule has 6 aliphatic rings. The van der Waals surface area contributed by atoms with Gasteiger partial charge in [0.15, 0.2) is 0 Å². The van der Waals surface area contributed by atoms with Crippen molar-refractivity contribution in [3.8, 4) is 0 Å². The van der Waals surface area contributed by atoms with Gasteiger partial charge in [0.1, 0.15) is 17.7 Å². The molecule has 1 aromatic heterocycles. The molecule has 0 saturated carbocycles. The molecule has 4 aromatic rings. The lowest BCUT2D eigenvalue weighted by atomic mass is 9.91. The van der Waals surface area contributed by atoms with E-state index in [4.69, 9.17) is 0 Å². The summed E-state index contributed by atoms with van der Waals surface area (Å²) in [5, 5.41) is 3.18. The molecule has 3 aromatic carbocycles. The zero-order valence-corrected chi connectivity index (χ0v) is 32.5. The Balaban J connectivity index is 0.757. The Labute approximate surface area is 338 Å². The lowest BCUT2D eigenvalue weighted by Crippen LogP contribution is -2.54. The van der Waals surface area contributed by atoms with E-state index in [0.717, 1.165) is 71.4 Å². The van der Waals surface area contributed by atoms with Crippen molar-refractivity contribution in [2.75, 3.05) is 50.7 Å². The lowest BCUT2D eigenvalue weighted by molar-refractivity contribution is -0.136. The van der Waals surface area contributed by atoms with E-state index in [9.17, 15) is 28.0 Å². The molecule has 308 valence electrons. The second-order valence-corrected chi connectivity index (χ2v) is 17.1. The van der Waals surface area contributed by atoms with Gasteiger partial charge in [-0.15, -0.1) is 0 Å². The largest absolute Gasteiger partial charge is 0.371 e. The Hall–Kier alpha value is -5.12. The molecule has 7 heterocycles. The third-order valence-corrected chi connectivity index (χ3v) is 13.6. The summed E-state index contributed by atoms with van der Waals surface area (Å²) < 4.78 is 59.8. The first-order valence-corrected chi connectivity index (χ1v) is 20.7. The Bertz CT molecular complexity index is 2330. The molecule has 2 N–H and O–H groups in total. The predicted molar refractivity (Wildman–Crippen MR) is 210 cm³/mol. The second kappa shape index (κ2) is 14.9.